The van der Waals surface area contributed by atoms with Crippen LogP contribution in [0.25, 0.3) is 0 Å². The lowest BCUT2D eigenvalue weighted by Crippen LogP contribution is -2.16. The van der Waals surface area contributed by atoms with Gasteiger partial charge in [0.2, 0.25) is 0 Å². The molecule has 0 bridgehead atoms. The highest BCUT2D eigenvalue weighted by Gasteiger charge is 2.16. The summed E-state index contributed by atoms with van der Waals surface area (Å²) >= 11 is 0. The van der Waals surface area contributed by atoms with E-state index in [4.69, 9.17) is 10.5 Å². The molecule has 0 heterocycles. The van der Waals surface area contributed by atoms with Crippen molar-refractivity contribution >= 4 is 0 Å². The summed E-state index contributed by atoms with van der Waals surface area (Å²) in [6.07, 6.45) is 6.97. The van der Waals surface area contributed by atoms with Gasteiger partial charge in [-0.2, -0.15) is 0 Å². The van der Waals surface area contributed by atoms with Crippen molar-refractivity contribution in [3.63, 3.8) is 0 Å². The normalized spacial score (nSPS) is 16.8. The van der Waals surface area contributed by atoms with Crippen LogP contribution >= 0.6 is 0 Å². The Hall–Kier alpha value is -1.09. The van der Waals surface area contributed by atoms with Gasteiger partial charge in [-0.25, -0.2) is 4.39 Å². The van der Waals surface area contributed by atoms with Crippen molar-refractivity contribution in [2.75, 3.05) is 13.2 Å². The van der Waals surface area contributed by atoms with Crippen molar-refractivity contribution in [3.05, 3.63) is 29.6 Å². The quantitative estimate of drug-likeness (QED) is 0.871. The van der Waals surface area contributed by atoms with Crippen molar-refractivity contribution in [3.8, 4) is 5.75 Å². The molecular formula is C15H22FNO. The molecule has 0 spiro atoms. The van der Waals surface area contributed by atoms with Crippen LogP contribution in [0.4, 0.5) is 4.39 Å². The summed E-state index contributed by atoms with van der Waals surface area (Å²) in [6, 6.07) is 5.07. The molecule has 1 fully saturated rings. The summed E-state index contributed by atoms with van der Waals surface area (Å²) in [5.41, 5.74) is 6.42. The third-order valence-corrected chi connectivity index (χ3v) is 3.65. The Labute approximate surface area is 108 Å². The first-order chi connectivity index (χ1) is 8.81. The maximum atomic E-state index is 13.8. The van der Waals surface area contributed by atoms with E-state index < -0.39 is 0 Å². The largest absolute Gasteiger partial charge is 0.490 e. The van der Waals surface area contributed by atoms with Crippen molar-refractivity contribution in [1.82, 2.24) is 0 Å². The fourth-order valence-electron chi connectivity index (χ4n) is 2.62. The molecule has 2 rings (SSSR count). The molecule has 18 heavy (non-hydrogen) atoms. The van der Waals surface area contributed by atoms with Crippen LogP contribution in [0, 0.1) is 11.7 Å². The molecule has 0 saturated heterocycles. The lowest BCUT2D eigenvalue weighted by molar-refractivity contribution is 0.201. The molecule has 0 radical (unpaired) electrons. The first-order valence-corrected chi connectivity index (χ1v) is 6.91. The van der Waals surface area contributed by atoms with E-state index in [0.29, 0.717) is 31.2 Å². The zero-order valence-electron chi connectivity index (χ0n) is 10.8. The number of hydrogen-bond acceptors (Lipinski definition) is 2. The van der Waals surface area contributed by atoms with E-state index >= 15 is 0 Å². The van der Waals surface area contributed by atoms with Crippen molar-refractivity contribution < 1.29 is 9.13 Å². The standard InChI is InChI=1S/C15H22FNO/c16-14-8-4-7-13(9-10-17)15(14)18-11-12-5-2-1-3-6-12/h4,7-8,12H,1-3,5-6,9-11,17H2. The van der Waals surface area contributed by atoms with E-state index in [9.17, 15) is 4.39 Å². The first kappa shape index (κ1) is 13.3. The maximum Gasteiger partial charge on any atom is 0.165 e. The van der Waals surface area contributed by atoms with E-state index in [-0.39, 0.29) is 5.82 Å². The maximum absolute atomic E-state index is 13.8. The molecule has 0 aliphatic heterocycles. The lowest BCUT2D eigenvalue weighted by Gasteiger charge is -2.22. The summed E-state index contributed by atoms with van der Waals surface area (Å²) in [5, 5.41) is 0. The van der Waals surface area contributed by atoms with Gasteiger partial charge < -0.3 is 10.5 Å². The Kier molecular flexibility index (Phi) is 5.00. The number of benzene rings is 1. The van der Waals surface area contributed by atoms with Crippen LogP contribution in [0.5, 0.6) is 5.75 Å². The summed E-state index contributed by atoms with van der Waals surface area (Å²) in [6.45, 7) is 1.15. The van der Waals surface area contributed by atoms with Crippen molar-refractivity contribution in [2.45, 2.75) is 38.5 Å². The monoisotopic (exact) mass is 251 g/mol. The van der Waals surface area contributed by atoms with Gasteiger partial charge in [0.15, 0.2) is 11.6 Å². The topological polar surface area (TPSA) is 35.2 Å². The van der Waals surface area contributed by atoms with Crippen LogP contribution in [0.15, 0.2) is 18.2 Å². The van der Waals surface area contributed by atoms with Crippen LogP contribution in [-0.4, -0.2) is 13.2 Å². The smallest absolute Gasteiger partial charge is 0.165 e. The highest BCUT2D eigenvalue weighted by Crippen LogP contribution is 2.27. The summed E-state index contributed by atoms with van der Waals surface area (Å²) in [7, 11) is 0. The summed E-state index contributed by atoms with van der Waals surface area (Å²) in [4.78, 5) is 0. The second-order valence-electron chi connectivity index (χ2n) is 5.08. The highest BCUT2D eigenvalue weighted by molar-refractivity contribution is 5.35. The average molecular weight is 251 g/mol. The number of nitrogens with two attached hydrogens (primary N) is 1. The number of halogens is 1. The van der Waals surface area contributed by atoms with Gasteiger partial charge >= 0.3 is 0 Å². The second-order valence-corrected chi connectivity index (χ2v) is 5.08. The first-order valence-electron chi connectivity index (χ1n) is 6.91. The van der Waals surface area contributed by atoms with Crippen LogP contribution in [0.2, 0.25) is 0 Å². The van der Waals surface area contributed by atoms with Gasteiger partial charge in [0.05, 0.1) is 6.61 Å². The van der Waals surface area contributed by atoms with Gasteiger partial charge in [0.25, 0.3) is 0 Å². The molecule has 2 N–H and O–H groups in total. The Morgan fingerprint density at radius 3 is 2.72 bits per heavy atom. The summed E-state index contributed by atoms with van der Waals surface area (Å²) in [5.74, 6) is 0.731. The third-order valence-electron chi connectivity index (χ3n) is 3.65. The molecular weight excluding hydrogens is 229 g/mol. The molecule has 1 aromatic rings. The van der Waals surface area contributed by atoms with Crippen LogP contribution in [0.1, 0.15) is 37.7 Å². The minimum Gasteiger partial charge on any atom is -0.490 e. The number of ether oxygens (including phenoxy) is 1. The lowest BCUT2D eigenvalue weighted by atomic mass is 9.90. The molecule has 0 unspecified atom stereocenters. The molecule has 3 heteroatoms. The van der Waals surface area contributed by atoms with E-state index in [1.54, 1.807) is 6.07 Å². The van der Waals surface area contributed by atoms with E-state index in [1.807, 2.05) is 6.07 Å². The van der Waals surface area contributed by atoms with E-state index in [0.717, 1.165) is 5.56 Å². The predicted molar refractivity (Wildman–Crippen MR) is 71.2 cm³/mol. The van der Waals surface area contributed by atoms with Crippen molar-refractivity contribution in [1.29, 1.82) is 0 Å². The molecule has 1 saturated carbocycles. The molecule has 1 aliphatic carbocycles. The molecule has 0 aromatic heterocycles. The Morgan fingerprint density at radius 2 is 2.00 bits per heavy atom. The number of para-hydroxylation sites is 1. The minimum absolute atomic E-state index is 0.267. The fraction of sp³-hybridized carbons (Fsp3) is 0.600. The molecule has 0 atom stereocenters. The van der Waals surface area contributed by atoms with Gasteiger partial charge in [-0.05, 0) is 43.4 Å². The number of hydrogen-bond donors (Lipinski definition) is 1. The van der Waals surface area contributed by atoms with E-state index in [2.05, 4.69) is 0 Å². The molecule has 1 aliphatic rings. The second kappa shape index (κ2) is 6.74. The van der Waals surface area contributed by atoms with Crippen LogP contribution < -0.4 is 10.5 Å². The van der Waals surface area contributed by atoms with Gasteiger partial charge in [-0.3, -0.25) is 0 Å². The van der Waals surface area contributed by atoms with Crippen molar-refractivity contribution in [2.24, 2.45) is 11.7 Å². The molecule has 0 amide bonds. The zero-order chi connectivity index (χ0) is 12.8. The fourth-order valence-corrected chi connectivity index (χ4v) is 2.62. The minimum atomic E-state index is -0.267. The number of rotatable bonds is 5. The summed E-state index contributed by atoms with van der Waals surface area (Å²) < 4.78 is 19.5. The zero-order valence-corrected chi connectivity index (χ0v) is 10.8. The van der Waals surface area contributed by atoms with Gasteiger partial charge in [-0.1, -0.05) is 31.4 Å². The highest BCUT2D eigenvalue weighted by atomic mass is 19.1. The predicted octanol–water partition coefficient (Wildman–Crippen LogP) is 3.29. The van der Waals surface area contributed by atoms with Gasteiger partial charge in [-0.15, -0.1) is 0 Å². The van der Waals surface area contributed by atoms with Crippen LogP contribution in [-0.2, 0) is 6.42 Å². The average Bonchev–Trinajstić information content (AvgIpc) is 2.40. The Morgan fingerprint density at radius 1 is 1.22 bits per heavy atom. The molecule has 2 nitrogen and oxygen atoms in total. The van der Waals surface area contributed by atoms with Gasteiger partial charge in [0.1, 0.15) is 0 Å². The SMILES string of the molecule is NCCc1cccc(F)c1OCC1CCCCC1. The third kappa shape index (κ3) is 3.45. The van der Waals surface area contributed by atoms with Crippen LogP contribution in [0.3, 0.4) is 0 Å². The van der Waals surface area contributed by atoms with Gasteiger partial charge in [0, 0.05) is 0 Å². The Bertz CT molecular complexity index is 375. The molecule has 1 aromatic carbocycles. The molecule has 100 valence electrons. The van der Waals surface area contributed by atoms with E-state index in [1.165, 1.54) is 38.2 Å². The Balaban J connectivity index is 1.98.